The zero-order valence-electron chi connectivity index (χ0n) is 10.8. The molecule has 0 aliphatic heterocycles. The Morgan fingerprint density at radius 2 is 2.28 bits per heavy atom. The number of carbonyl (C=O) groups is 1. The van der Waals surface area contributed by atoms with E-state index in [1.807, 2.05) is 18.9 Å². The van der Waals surface area contributed by atoms with Crippen molar-refractivity contribution >= 4 is 11.7 Å². The van der Waals surface area contributed by atoms with Crippen molar-refractivity contribution in [2.24, 2.45) is 0 Å². The normalized spacial score (nSPS) is 11.4. The number of rotatable bonds is 5. The van der Waals surface area contributed by atoms with E-state index in [-0.39, 0.29) is 17.7 Å². The third kappa shape index (κ3) is 3.44. The maximum absolute atomic E-state index is 11.7. The standard InChI is InChI=1S/C12H17N3O3/c1-4-14(3)10-7-11(16)15(13-8-10)6-5-9(2)12(17)18/h5,7-8H,4,6H2,1-3H3,(H,17,18)/b9-5-. The minimum atomic E-state index is -0.995. The molecular weight excluding hydrogens is 234 g/mol. The van der Waals surface area contributed by atoms with Gasteiger partial charge in [0.1, 0.15) is 0 Å². The average molecular weight is 251 g/mol. The van der Waals surface area contributed by atoms with E-state index >= 15 is 0 Å². The quantitative estimate of drug-likeness (QED) is 0.781. The molecule has 0 radical (unpaired) electrons. The first-order chi connectivity index (χ1) is 8.45. The minimum Gasteiger partial charge on any atom is -0.478 e. The van der Waals surface area contributed by atoms with Crippen LogP contribution in [0.15, 0.2) is 28.7 Å². The summed E-state index contributed by atoms with van der Waals surface area (Å²) in [7, 11) is 1.87. The number of allylic oxidation sites excluding steroid dienone is 1. The first kappa shape index (κ1) is 14.0. The van der Waals surface area contributed by atoms with Crippen LogP contribution < -0.4 is 10.5 Å². The van der Waals surface area contributed by atoms with Crippen LogP contribution in [-0.4, -0.2) is 34.4 Å². The van der Waals surface area contributed by atoms with Gasteiger partial charge in [-0.15, -0.1) is 0 Å². The van der Waals surface area contributed by atoms with Gasteiger partial charge in [0, 0.05) is 25.2 Å². The molecule has 0 aliphatic rings. The summed E-state index contributed by atoms with van der Waals surface area (Å²) in [5, 5.41) is 12.7. The highest BCUT2D eigenvalue weighted by atomic mass is 16.4. The number of carboxylic acid groups (broad SMARTS) is 1. The van der Waals surface area contributed by atoms with Crippen molar-refractivity contribution in [3.05, 3.63) is 34.3 Å². The topological polar surface area (TPSA) is 75.4 Å². The van der Waals surface area contributed by atoms with Crippen molar-refractivity contribution in [2.45, 2.75) is 20.4 Å². The Morgan fingerprint density at radius 3 is 2.78 bits per heavy atom. The molecule has 0 bridgehead atoms. The Hall–Kier alpha value is -2.11. The van der Waals surface area contributed by atoms with E-state index in [1.54, 1.807) is 6.20 Å². The number of hydrogen-bond acceptors (Lipinski definition) is 4. The number of aromatic nitrogens is 2. The average Bonchev–Trinajstić information content (AvgIpc) is 2.35. The maximum atomic E-state index is 11.7. The fraction of sp³-hybridized carbons (Fsp3) is 0.417. The molecule has 0 saturated heterocycles. The molecule has 0 spiro atoms. The molecule has 0 aromatic carbocycles. The minimum absolute atomic E-state index is 0.160. The van der Waals surface area contributed by atoms with Crippen LogP contribution in [0.2, 0.25) is 0 Å². The van der Waals surface area contributed by atoms with Gasteiger partial charge in [0.25, 0.3) is 5.56 Å². The van der Waals surface area contributed by atoms with Crippen LogP contribution in [0.1, 0.15) is 13.8 Å². The van der Waals surface area contributed by atoms with E-state index in [2.05, 4.69) is 5.10 Å². The smallest absolute Gasteiger partial charge is 0.331 e. The molecule has 0 atom stereocenters. The molecule has 98 valence electrons. The van der Waals surface area contributed by atoms with Gasteiger partial charge in [-0.3, -0.25) is 4.79 Å². The van der Waals surface area contributed by atoms with Gasteiger partial charge in [0.2, 0.25) is 0 Å². The predicted octanol–water partition coefficient (Wildman–Crippen LogP) is 0.730. The Morgan fingerprint density at radius 1 is 1.61 bits per heavy atom. The second-order valence-corrected chi connectivity index (χ2v) is 3.94. The Balaban J connectivity index is 2.90. The Bertz CT molecular complexity index is 520. The van der Waals surface area contributed by atoms with Crippen molar-refractivity contribution < 1.29 is 9.90 Å². The SMILES string of the molecule is CCN(C)c1cnn(C/C=C(/C)C(=O)O)c(=O)c1. The van der Waals surface area contributed by atoms with Gasteiger partial charge < -0.3 is 10.0 Å². The molecule has 0 amide bonds. The lowest BCUT2D eigenvalue weighted by Gasteiger charge is -2.15. The van der Waals surface area contributed by atoms with Crippen LogP contribution in [0.3, 0.4) is 0 Å². The van der Waals surface area contributed by atoms with Gasteiger partial charge in [-0.25, -0.2) is 9.48 Å². The number of anilines is 1. The Kier molecular flexibility index (Phi) is 4.65. The molecule has 1 aromatic rings. The van der Waals surface area contributed by atoms with E-state index in [0.29, 0.717) is 0 Å². The summed E-state index contributed by atoms with van der Waals surface area (Å²) in [6, 6.07) is 1.49. The molecule has 1 heterocycles. The molecule has 1 rings (SSSR count). The first-order valence-corrected chi connectivity index (χ1v) is 5.64. The predicted molar refractivity (Wildman–Crippen MR) is 68.8 cm³/mol. The summed E-state index contributed by atoms with van der Waals surface area (Å²) in [6.45, 7) is 4.40. The van der Waals surface area contributed by atoms with Crippen molar-refractivity contribution in [2.75, 3.05) is 18.5 Å². The summed E-state index contributed by atoms with van der Waals surface area (Å²) < 4.78 is 1.22. The lowest BCUT2D eigenvalue weighted by Crippen LogP contribution is -2.25. The highest BCUT2D eigenvalue weighted by Crippen LogP contribution is 2.05. The zero-order valence-corrected chi connectivity index (χ0v) is 10.8. The summed E-state index contributed by atoms with van der Waals surface area (Å²) in [5.74, 6) is -0.995. The maximum Gasteiger partial charge on any atom is 0.331 e. The van der Waals surface area contributed by atoms with Crippen molar-refractivity contribution in [1.29, 1.82) is 0 Å². The number of aliphatic carboxylic acids is 1. The first-order valence-electron chi connectivity index (χ1n) is 5.64. The van der Waals surface area contributed by atoms with Crippen molar-refractivity contribution in [3.8, 4) is 0 Å². The Labute approximate surface area is 105 Å². The van der Waals surface area contributed by atoms with Crippen LogP contribution in [0.5, 0.6) is 0 Å². The second-order valence-electron chi connectivity index (χ2n) is 3.94. The fourth-order valence-corrected chi connectivity index (χ4v) is 1.26. The summed E-state index contributed by atoms with van der Waals surface area (Å²) in [5.41, 5.74) is 0.693. The molecule has 1 aromatic heterocycles. The monoisotopic (exact) mass is 251 g/mol. The van der Waals surface area contributed by atoms with Crippen LogP contribution in [-0.2, 0) is 11.3 Å². The van der Waals surface area contributed by atoms with E-state index in [4.69, 9.17) is 5.11 Å². The third-order valence-electron chi connectivity index (χ3n) is 2.68. The van der Waals surface area contributed by atoms with Gasteiger partial charge in [-0.05, 0) is 13.8 Å². The number of nitrogens with zero attached hydrogens (tertiary/aromatic N) is 3. The van der Waals surface area contributed by atoms with Crippen molar-refractivity contribution in [3.63, 3.8) is 0 Å². The van der Waals surface area contributed by atoms with Crippen molar-refractivity contribution in [1.82, 2.24) is 9.78 Å². The van der Waals surface area contributed by atoms with Crippen LogP contribution in [0.4, 0.5) is 5.69 Å². The summed E-state index contributed by atoms with van der Waals surface area (Å²) in [6.07, 6.45) is 3.05. The highest BCUT2D eigenvalue weighted by Gasteiger charge is 2.03. The molecule has 0 saturated carbocycles. The molecule has 1 N–H and O–H groups in total. The van der Waals surface area contributed by atoms with E-state index in [9.17, 15) is 9.59 Å². The van der Waals surface area contributed by atoms with Crippen LogP contribution >= 0.6 is 0 Å². The number of carboxylic acids is 1. The summed E-state index contributed by atoms with van der Waals surface area (Å²) >= 11 is 0. The highest BCUT2D eigenvalue weighted by molar-refractivity contribution is 5.85. The van der Waals surface area contributed by atoms with Gasteiger partial charge in [-0.1, -0.05) is 6.08 Å². The largest absolute Gasteiger partial charge is 0.478 e. The lowest BCUT2D eigenvalue weighted by atomic mass is 10.3. The third-order valence-corrected chi connectivity index (χ3v) is 2.68. The van der Waals surface area contributed by atoms with Crippen LogP contribution in [0, 0.1) is 0 Å². The van der Waals surface area contributed by atoms with E-state index in [1.165, 1.54) is 23.7 Å². The zero-order chi connectivity index (χ0) is 13.7. The van der Waals surface area contributed by atoms with Gasteiger partial charge in [-0.2, -0.15) is 5.10 Å². The molecular formula is C12H17N3O3. The van der Waals surface area contributed by atoms with E-state index < -0.39 is 5.97 Å². The lowest BCUT2D eigenvalue weighted by molar-refractivity contribution is -0.132. The molecule has 0 unspecified atom stereocenters. The molecule has 6 nitrogen and oxygen atoms in total. The number of hydrogen-bond donors (Lipinski definition) is 1. The molecule has 0 aliphatic carbocycles. The van der Waals surface area contributed by atoms with Gasteiger partial charge in [0.15, 0.2) is 0 Å². The van der Waals surface area contributed by atoms with E-state index in [0.717, 1.165) is 12.2 Å². The summed E-state index contributed by atoms with van der Waals surface area (Å²) in [4.78, 5) is 24.2. The molecule has 18 heavy (non-hydrogen) atoms. The second kappa shape index (κ2) is 6.00. The molecule has 0 fully saturated rings. The fourth-order valence-electron chi connectivity index (χ4n) is 1.26. The van der Waals surface area contributed by atoms with Crippen LogP contribution in [0.25, 0.3) is 0 Å². The molecule has 6 heteroatoms. The van der Waals surface area contributed by atoms with Gasteiger partial charge >= 0.3 is 5.97 Å². The van der Waals surface area contributed by atoms with Gasteiger partial charge in [0.05, 0.1) is 18.4 Å².